The number of likely N-dealkylation sites (N-methyl/N-ethyl adjacent to an activating group) is 1. The third kappa shape index (κ3) is 7.92. The zero-order valence-electron chi connectivity index (χ0n) is 19.3. The summed E-state index contributed by atoms with van der Waals surface area (Å²) in [6.45, 7) is 6.92. The van der Waals surface area contributed by atoms with Gasteiger partial charge in [-0.1, -0.05) is 77.3 Å². The highest BCUT2D eigenvalue weighted by Gasteiger charge is 2.36. The molecule has 0 spiro atoms. The summed E-state index contributed by atoms with van der Waals surface area (Å²) in [5.41, 5.74) is 2.67. The summed E-state index contributed by atoms with van der Waals surface area (Å²) >= 11 is 0. The second-order valence-electron chi connectivity index (χ2n) is 8.03. The molecular weight excluding hydrogens is 376 g/mol. The molecule has 0 bridgehead atoms. The van der Waals surface area contributed by atoms with Gasteiger partial charge in [0.25, 0.3) is 5.91 Å². The van der Waals surface area contributed by atoms with E-state index in [0.29, 0.717) is 18.5 Å². The first-order valence-corrected chi connectivity index (χ1v) is 11.6. The first-order chi connectivity index (χ1) is 14.5. The van der Waals surface area contributed by atoms with Gasteiger partial charge >= 0.3 is 0 Å². The minimum Gasteiger partial charge on any atom is -0.357 e. The van der Waals surface area contributed by atoms with Crippen molar-refractivity contribution in [3.05, 3.63) is 34.9 Å². The lowest BCUT2D eigenvalue weighted by atomic mass is 10.1. The lowest BCUT2D eigenvalue weighted by molar-refractivity contribution is -0.125. The van der Waals surface area contributed by atoms with Crippen molar-refractivity contribution in [2.45, 2.75) is 97.6 Å². The molecule has 1 aliphatic rings. The number of unbranched alkanes of at least 4 members (excludes halogenated alkanes) is 7. The molecule has 30 heavy (non-hydrogen) atoms. The Labute approximate surface area is 182 Å². The lowest BCUT2D eigenvalue weighted by Gasteiger charge is -2.25. The van der Waals surface area contributed by atoms with Gasteiger partial charge in [0, 0.05) is 25.6 Å². The Morgan fingerprint density at radius 2 is 1.70 bits per heavy atom. The van der Waals surface area contributed by atoms with Gasteiger partial charge in [0.2, 0.25) is 5.91 Å². The molecule has 5 nitrogen and oxygen atoms in total. The van der Waals surface area contributed by atoms with E-state index in [0.717, 1.165) is 17.4 Å². The molecule has 2 amide bonds. The third-order valence-electron chi connectivity index (χ3n) is 5.67. The van der Waals surface area contributed by atoms with Gasteiger partial charge in [0.05, 0.1) is 0 Å². The normalized spacial score (nSPS) is 13.3. The predicted molar refractivity (Wildman–Crippen MR) is 122 cm³/mol. The third-order valence-corrected chi connectivity index (χ3v) is 5.67. The van der Waals surface area contributed by atoms with Crippen LogP contribution in [-0.2, 0) is 16.1 Å². The first kappa shape index (κ1) is 25.9. The lowest BCUT2D eigenvalue weighted by Crippen LogP contribution is -2.46. The molecule has 0 aliphatic carbocycles. The Morgan fingerprint density at radius 1 is 1.10 bits per heavy atom. The molecular formula is C25H40N2O3. The van der Waals surface area contributed by atoms with E-state index in [-0.39, 0.29) is 18.2 Å². The molecule has 5 heteroatoms. The van der Waals surface area contributed by atoms with Crippen LogP contribution in [-0.4, -0.2) is 36.1 Å². The van der Waals surface area contributed by atoms with Crippen LogP contribution in [0.15, 0.2) is 18.2 Å². The number of amides is 2. The summed E-state index contributed by atoms with van der Waals surface area (Å²) < 4.78 is 0. The molecule has 0 aromatic heterocycles. The molecule has 0 saturated heterocycles. The van der Waals surface area contributed by atoms with Gasteiger partial charge in [-0.25, -0.2) is 0 Å². The van der Waals surface area contributed by atoms with Crippen LogP contribution in [0.5, 0.6) is 0 Å². The van der Waals surface area contributed by atoms with E-state index in [4.69, 9.17) is 0 Å². The van der Waals surface area contributed by atoms with E-state index >= 15 is 0 Å². The number of benzene rings is 1. The molecule has 1 unspecified atom stereocenters. The van der Waals surface area contributed by atoms with Gasteiger partial charge in [0.15, 0.2) is 0 Å². The minimum absolute atomic E-state index is 0.136. The van der Waals surface area contributed by atoms with Crippen molar-refractivity contribution in [3.63, 3.8) is 0 Å². The van der Waals surface area contributed by atoms with Gasteiger partial charge < -0.3 is 15.0 Å². The molecule has 1 atom stereocenters. The second kappa shape index (κ2) is 14.8. The molecule has 2 rings (SSSR count). The van der Waals surface area contributed by atoms with Crippen LogP contribution in [0.4, 0.5) is 0 Å². The van der Waals surface area contributed by atoms with E-state index in [1.165, 1.54) is 58.4 Å². The van der Waals surface area contributed by atoms with Gasteiger partial charge in [0.1, 0.15) is 12.3 Å². The second-order valence-corrected chi connectivity index (χ2v) is 8.03. The number of nitrogens with zero attached hydrogens (tertiary/aromatic N) is 1. The Kier molecular flexibility index (Phi) is 12.7. The van der Waals surface area contributed by atoms with Gasteiger partial charge in [-0.05, 0) is 30.5 Å². The Bertz CT molecular complexity index is 664. The minimum atomic E-state index is -0.593. The van der Waals surface area contributed by atoms with E-state index in [1.807, 2.05) is 19.1 Å². The molecule has 1 aromatic rings. The summed E-state index contributed by atoms with van der Waals surface area (Å²) in [4.78, 5) is 36.5. The zero-order valence-corrected chi connectivity index (χ0v) is 19.3. The molecule has 168 valence electrons. The van der Waals surface area contributed by atoms with E-state index in [2.05, 4.69) is 19.2 Å². The number of nitrogens with one attached hydrogen (secondary N) is 1. The van der Waals surface area contributed by atoms with Gasteiger partial charge in [-0.2, -0.15) is 0 Å². The Morgan fingerprint density at radius 3 is 2.20 bits per heavy atom. The van der Waals surface area contributed by atoms with E-state index < -0.39 is 6.04 Å². The van der Waals surface area contributed by atoms with Crippen molar-refractivity contribution in [2.75, 3.05) is 7.05 Å². The smallest absolute Gasteiger partial charge is 0.255 e. The first-order valence-electron chi connectivity index (χ1n) is 11.6. The summed E-state index contributed by atoms with van der Waals surface area (Å²) in [6, 6.07) is 4.99. The van der Waals surface area contributed by atoms with Crippen molar-refractivity contribution in [2.24, 2.45) is 0 Å². The molecule has 1 aromatic carbocycles. The van der Waals surface area contributed by atoms with E-state index in [9.17, 15) is 14.4 Å². The number of hydrogen-bond donors (Lipinski definition) is 1. The molecule has 1 N–H and O–H groups in total. The average molecular weight is 417 g/mol. The van der Waals surface area contributed by atoms with E-state index in [1.54, 1.807) is 11.0 Å². The standard InChI is InChI=1S/C15H18N2O3.C10H22/c1-10-5-3-6-11-12(10)9-17(15(11)20)13(7-4-8-18)14(19)16-2;1-3-5-7-9-10-8-6-4-2/h3,5-6,8,13H,4,7,9H2,1-2H3,(H,16,19);3-10H2,1-2H3. The fraction of sp³-hybridized carbons (Fsp3) is 0.640. The van der Waals surface area contributed by atoms with Crippen LogP contribution in [0, 0.1) is 6.92 Å². The number of hydrogen-bond acceptors (Lipinski definition) is 3. The summed E-state index contributed by atoms with van der Waals surface area (Å²) in [6.07, 6.45) is 12.8. The molecule has 0 saturated carbocycles. The number of rotatable bonds is 12. The maximum absolute atomic E-state index is 12.4. The van der Waals surface area contributed by atoms with Crippen LogP contribution < -0.4 is 5.32 Å². The Balaban J connectivity index is 0.000000382. The van der Waals surface area contributed by atoms with Crippen LogP contribution in [0.2, 0.25) is 0 Å². The quantitative estimate of drug-likeness (QED) is 0.376. The van der Waals surface area contributed by atoms with Gasteiger partial charge in [-0.15, -0.1) is 0 Å². The topological polar surface area (TPSA) is 66.5 Å². The number of carbonyl (C=O) groups excluding carboxylic acids is 3. The molecule has 0 radical (unpaired) electrons. The SMILES string of the molecule is CCCCCCCCCC.CNC(=O)C(CCC=O)N1Cc2c(C)cccc2C1=O. The largest absolute Gasteiger partial charge is 0.357 e. The van der Waals surface area contributed by atoms with Crippen molar-refractivity contribution < 1.29 is 14.4 Å². The van der Waals surface area contributed by atoms with Crippen molar-refractivity contribution in [3.8, 4) is 0 Å². The Hall–Kier alpha value is -2.17. The molecule has 1 aliphatic heterocycles. The fourth-order valence-electron chi connectivity index (χ4n) is 3.79. The highest BCUT2D eigenvalue weighted by Crippen LogP contribution is 2.28. The number of fused-ring (bicyclic) bond motifs is 1. The zero-order chi connectivity index (χ0) is 22.4. The average Bonchev–Trinajstić information content (AvgIpc) is 3.09. The highest BCUT2D eigenvalue weighted by molar-refractivity contribution is 6.01. The summed E-state index contributed by atoms with van der Waals surface area (Å²) in [5.74, 6) is -0.367. The van der Waals surface area contributed by atoms with Crippen LogP contribution in [0.1, 0.15) is 99.5 Å². The number of carbonyl (C=O) groups is 3. The van der Waals surface area contributed by atoms with Crippen molar-refractivity contribution in [1.29, 1.82) is 0 Å². The van der Waals surface area contributed by atoms with Crippen LogP contribution in [0.3, 0.4) is 0 Å². The molecule has 1 heterocycles. The van der Waals surface area contributed by atoms with Crippen molar-refractivity contribution >= 4 is 18.1 Å². The van der Waals surface area contributed by atoms with Gasteiger partial charge in [-0.3, -0.25) is 9.59 Å². The maximum atomic E-state index is 12.4. The number of aldehydes is 1. The monoisotopic (exact) mass is 416 g/mol. The summed E-state index contributed by atoms with van der Waals surface area (Å²) in [7, 11) is 1.54. The van der Waals surface area contributed by atoms with Crippen LogP contribution in [0.25, 0.3) is 0 Å². The predicted octanol–water partition coefficient (Wildman–Crippen LogP) is 5.19. The highest BCUT2D eigenvalue weighted by atomic mass is 16.2. The summed E-state index contributed by atoms with van der Waals surface area (Å²) in [5, 5.41) is 2.56. The van der Waals surface area contributed by atoms with Crippen LogP contribution >= 0.6 is 0 Å². The maximum Gasteiger partial charge on any atom is 0.255 e. The fourth-order valence-corrected chi connectivity index (χ4v) is 3.79. The number of aryl methyl sites for hydroxylation is 1. The van der Waals surface area contributed by atoms with Crippen molar-refractivity contribution in [1.82, 2.24) is 10.2 Å². The molecule has 0 fully saturated rings.